The van der Waals surface area contributed by atoms with Crippen molar-refractivity contribution in [1.29, 1.82) is 0 Å². The van der Waals surface area contributed by atoms with Crippen molar-refractivity contribution in [2.24, 2.45) is 0 Å². The second-order valence-electron chi connectivity index (χ2n) is 8.85. The summed E-state index contributed by atoms with van der Waals surface area (Å²) in [5, 5.41) is 3.55. The van der Waals surface area contributed by atoms with Gasteiger partial charge < -0.3 is 10.2 Å². The van der Waals surface area contributed by atoms with E-state index in [0.717, 1.165) is 21.7 Å². The topological polar surface area (TPSA) is 86.8 Å². The van der Waals surface area contributed by atoms with Crippen LogP contribution < -0.4 is 9.62 Å². The zero-order chi connectivity index (χ0) is 26.5. The molecule has 0 aliphatic carbocycles. The molecule has 7 nitrogen and oxygen atoms in total. The summed E-state index contributed by atoms with van der Waals surface area (Å²) in [4.78, 5) is 28.1. The van der Waals surface area contributed by atoms with E-state index in [1.54, 1.807) is 37.3 Å². The first-order valence-corrected chi connectivity index (χ1v) is 13.9. The number of aryl methyl sites for hydroxylation is 1. The van der Waals surface area contributed by atoms with Crippen LogP contribution in [0.2, 0.25) is 10.0 Å². The first-order valence-electron chi connectivity index (χ1n) is 11.3. The van der Waals surface area contributed by atoms with Crippen molar-refractivity contribution in [3.05, 3.63) is 63.1 Å². The van der Waals surface area contributed by atoms with Crippen molar-refractivity contribution in [1.82, 2.24) is 10.2 Å². The Morgan fingerprint density at radius 1 is 1.06 bits per heavy atom. The molecule has 10 heteroatoms. The predicted molar refractivity (Wildman–Crippen MR) is 142 cm³/mol. The van der Waals surface area contributed by atoms with Gasteiger partial charge in [-0.2, -0.15) is 0 Å². The van der Waals surface area contributed by atoms with Gasteiger partial charge in [0.25, 0.3) is 0 Å². The zero-order valence-corrected chi connectivity index (χ0v) is 23.3. The fourth-order valence-corrected chi connectivity index (χ4v) is 4.96. The third-order valence-electron chi connectivity index (χ3n) is 5.68. The van der Waals surface area contributed by atoms with Gasteiger partial charge in [0.05, 0.1) is 22.0 Å². The van der Waals surface area contributed by atoms with Gasteiger partial charge in [0.15, 0.2) is 0 Å². The number of nitrogens with one attached hydrogen (secondary N) is 1. The summed E-state index contributed by atoms with van der Waals surface area (Å²) in [6.07, 6.45) is 1.40. The van der Waals surface area contributed by atoms with Gasteiger partial charge in [-0.15, -0.1) is 0 Å². The maximum atomic E-state index is 13.7. The Morgan fingerprint density at radius 2 is 1.71 bits per heavy atom. The number of nitrogens with zero attached hydrogens (tertiary/aromatic N) is 2. The molecule has 0 bridgehead atoms. The molecule has 0 fully saturated rings. The van der Waals surface area contributed by atoms with E-state index in [0.29, 0.717) is 27.7 Å². The SMILES string of the molecule is CCC(C(=O)NC(C)C)N(Cc1ccc(Cl)c(Cl)c1)C(=O)CN(c1cccc(C)c1C)S(C)(=O)=O. The molecule has 0 aromatic heterocycles. The van der Waals surface area contributed by atoms with Crippen LogP contribution in [-0.2, 0) is 26.2 Å². The monoisotopic (exact) mass is 541 g/mol. The lowest BCUT2D eigenvalue weighted by Gasteiger charge is -2.33. The van der Waals surface area contributed by atoms with Gasteiger partial charge in [-0.3, -0.25) is 13.9 Å². The number of halogens is 2. The number of sulfonamides is 1. The predicted octanol–water partition coefficient (Wildman–Crippen LogP) is 4.71. The minimum atomic E-state index is -3.80. The summed E-state index contributed by atoms with van der Waals surface area (Å²) >= 11 is 12.2. The Bertz CT molecular complexity index is 1190. The molecule has 0 aliphatic heterocycles. The van der Waals surface area contributed by atoms with E-state index in [1.165, 1.54) is 4.90 Å². The molecule has 0 saturated carbocycles. The van der Waals surface area contributed by atoms with Crippen LogP contribution in [0.15, 0.2) is 36.4 Å². The molecule has 2 aromatic rings. The lowest BCUT2D eigenvalue weighted by molar-refractivity contribution is -0.140. The smallest absolute Gasteiger partial charge is 0.244 e. The van der Waals surface area contributed by atoms with Crippen LogP contribution in [-0.4, -0.2) is 50.0 Å². The van der Waals surface area contributed by atoms with Gasteiger partial charge in [-0.05, 0) is 69.0 Å². The van der Waals surface area contributed by atoms with Gasteiger partial charge in [0.1, 0.15) is 12.6 Å². The quantitative estimate of drug-likeness (QED) is 0.471. The van der Waals surface area contributed by atoms with E-state index in [4.69, 9.17) is 23.2 Å². The molecule has 1 N–H and O–H groups in total. The summed E-state index contributed by atoms with van der Waals surface area (Å²) in [5.74, 6) is -0.818. The number of amides is 2. The van der Waals surface area contributed by atoms with Gasteiger partial charge in [-0.1, -0.05) is 48.3 Å². The summed E-state index contributed by atoms with van der Waals surface area (Å²) < 4.78 is 26.6. The highest BCUT2D eigenvalue weighted by molar-refractivity contribution is 7.92. The van der Waals surface area contributed by atoms with Crippen molar-refractivity contribution in [3.63, 3.8) is 0 Å². The molecule has 1 unspecified atom stereocenters. The molecular weight excluding hydrogens is 509 g/mol. The van der Waals surface area contributed by atoms with E-state index in [1.807, 2.05) is 33.8 Å². The molecule has 1 atom stereocenters. The molecule has 0 spiro atoms. The summed E-state index contributed by atoms with van der Waals surface area (Å²) in [6, 6.07) is 9.34. The Labute approximate surface area is 218 Å². The standard InChI is InChI=1S/C25H33Cl2N3O4S/c1-7-22(25(32)28-16(2)3)29(14-19-11-12-20(26)21(27)13-19)24(31)15-30(35(6,33)34)23-10-8-9-17(4)18(23)5/h8-13,16,22H,7,14-15H2,1-6H3,(H,28,32). The normalized spacial score (nSPS) is 12.4. The van der Waals surface area contributed by atoms with Crippen molar-refractivity contribution >= 4 is 50.7 Å². The van der Waals surface area contributed by atoms with Crippen LogP contribution >= 0.6 is 23.2 Å². The van der Waals surface area contributed by atoms with Crippen LogP contribution in [0.25, 0.3) is 0 Å². The van der Waals surface area contributed by atoms with Crippen LogP contribution in [0.4, 0.5) is 5.69 Å². The molecule has 2 rings (SSSR count). The number of hydrogen-bond acceptors (Lipinski definition) is 4. The van der Waals surface area contributed by atoms with Gasteiger partial charge in [0.2, 0.25) is 21.8 Å². The third kappa shape index (κ3) is 7.59. The number of carbonyl (C=O) groups is 2. The highest BCUT2D eigenvalue weighted by Gasteiger charge is 2.32. The first kappa shape index (κ1) is 28.9. The summed E-state index contributed by atoms with van der Waals surface area (Å²) in [5.41, 5.74) is 2.75. The lowest BCUT2D eigenvalue weighted by atomic mass is 10.1. The van der Waals surface area contributed by atoms with Crippen molar-refractivity contribution in [2.45, 2.75) is 59.7 Å². The van der Waals surface area contributed by atoms with Gasteiger partial charge in [-0.25, -0.2) is 8.42 Å². The van der Waals surface area contributed by atoms with E-state index in [2.05, 4.69) is 5.32 Å². The maximum Gasteiger partial charge on any atom is 0.244 e. The Kier molecular flexibility index (Phi) is 10.0. The molecule has 0 aliphatic rings. The van der Waals surface area contributed by atoms with Crippen LogP contribution in [0.1, 0.15) is 43.9 Å². The van der Waals surface area contributed by atoms with Crippen LogP contribution in [0, 0.1) is 13.8 Å². The largest absolute Gasteiger partial charge is 0.352 e. The number of hydrogen-bond donors (Lipinski definition) is 1. The third-order valence-corrected chi connectivity index (χ3v) is 7.54. The van der Waals surface area contributed by atoms with Crippen LogP contribution in [0.3, 0.4) is 0 Å². The Morgan fingerprint density at radius 3 is 2.26 bits per heavy atom. The number of carbonyl (C=O) groups excluding carboxylic acids is 2. The van der Waals surface area contributed by atoms with Gasteiger partial charge in [0, 0.05) is 12.6 Å². The average Bonchev–Trinajstić information content (AvgIpc) is 2.75. The fourth-order valence-electron chi connectivity index (χ4n) is 3.74. The second-order valence-corrected chi connectivity index (χ2v) is 11.6. The number of rotatable bonds is 10. The minimum absolute atomic E-state index is 0.0597. The molecule has 0 radical (unpaired) electrons. The fraction of sp³-hybridized carbons (Fsp3) is 0.440. The number of anilines is 1. The molecule has 35 heavy (non-hydrogen) atoms. The Balaban J connectivity index is 2.51. The molecule has 192 valence electrons. The van der Waals surface area contributed by atoms with E-state index < -0.39 is 28.5 Å². The molecule has 2 aromatic carbocycles. The summed E-state index contributed by atoms with van der Waals surface area (Å²) in [7, 11) is -3.80. The highest BCUT2D eigenvalue weighted by Crippen LogP contribution is 2.27. The minimum Gasteiger partial charge on any atom is -0.352 e. The van der Waals surface area contributed by atoms with Crippen LogP contribution in [0.5, 0.6) is 0 Å². The average molecular weight is 543 g/mol. The van der Waals surface area contributed by atoms with Crippen molar-refractivity contribution in [2.75, 3.05) is 17.1 Å². The molecule has 0 heterocycles. The Hall–Kier alpha value is -2.29. The second kappa shape index (κ2) is 12.1. The van der Waals surface area contributed by atoms with Crippen molar-refractivity contribution in [3.8, 4) is 0 Å². The van der Waals surface area contributed by atoms with Gasteiger partial charge >= 0.3 is 0 Å². The molecule has 0 saturated heterocycles. The molecule has 2 amide bonds. The number of benzene rings is 2. The van der Waals surface area contributed by atoms with E-state index >= 15 is 0 Å². The summed E-state index contributed by atoms with van der Waals surface area (Å²) in [6.45, 7) is 8.77. The lowest BCUT2D eigenvalue weighted by Crippen LogP contribution is -2.53. The van der Waals surface area contributed by atoms with E-state index in [9.17, 15) is 18.0 Å². The van der Waals surface area contributed by atoms with Crippen molar-refractivity contribution < 1.29 is 18.0 Å². The zero-order valence-electron chi connectivity index (χ0n) is 20.9. The maximum absolute atomic E-state index is 13.7. The van der Waals surface area contributed by atoms with E-state index in [-0.39, 0.29) is 18.5 Å². The highest BCUT2D eigenvalue weighted by atomic mass is 35.5. The molecular formula is C25H33Cl2N3O4S. The first-order chi connectivity index (χ1) is 16.3.